The van der Waals surface area contributed by atoms with Gasteiger partial charge in [0.25, 0.3) is 0 Å². The number of rotatable bonds is 6. The van der Waals surface area contributed by atoms with E-state index in [0.29, 0.717) is 5.01 Å². The summed E-state index contributed by atoms with van der Waals surface area (Å²) in [6.45, 7) is 2.01. The molecule has 0 bridgehead atoms. The molecule has 186 valence electrons. The Morgan fingerprint density at radius 1 is 1.31 bits per heavy atom. The number of morpholine rings is 1. The van der Waals surface area contributed by atoms with Gasteiger partial charge in [-0.2, -0.15) is 0 Å². The Balaban J connectivity index is 1.86. The Labute approximate surface area is 201 Å². The molecule has 1 aromatic carbocycles. The molecule has 0 radical (unpaired) electrons. The van der Waals surface area contributed by atoms with Crippen molar-refractivity contribution in [3.8, 4) is 0 Å². The minimum atomic E-state index is -1.70. The number of benzene rings is 1. The smallest absolute Gasteiger partial charge is 0.338 e. The van der Waals surface area contributed by atoms with Crippen LogP contribution < -0.4 is 5.32 Å². The molecule has 0 aliphatic carbocycles. The number of aliphatic carboxylic acids is 1. The number of carboxylic acids is 1. The number of carbonyl (C=O) groups excluding carboxylic acids is 1. The van der Waals surface area contributed by atoms with E-state index in [4.69, 9.17) is 9.47 Å². The number of carbonyl (C=O) groups is 2. The first-order chi connectivity index (χ1) is 16.7. The van der Waals surface area contributed by atoms with Crippen molar-refractivity contribution in [3.63, 3.8) is 0 Å². The number of esters is 1. The lowest BCUT2D eigenvalue weighted by atomic mass is 9.94. The van der Waals surface area contributed by atoms with E-state index >= 15 is 0 Å². The molecule has 9 nitrogen and oxygen atoms in total. The van der Waals surface area contributed by atoms with Gasteiger partial charge in [0.05, 0.1) is 25.4 Å². The van der Waals surface area contributed by atoms with Crippen LogP contribution in [0.15, 0.2) is 40.0 Å². The van der Waals surface area contributed by atoms with E-state index in [1.807, 2.05) is 0 Å². The molecule has 2 aliphatic rings. The second kappa shape index (κ2) is 10.1. The van der Waals surface area contributed by atoms with Gasteiger partial charge in [-0.15, -0.1) is 11.3 Å². The molecule has 35 heavy (non-hydrogen) atoms. The third-order valence-electron chi connectivity index (χ3n) is 5.74. The van der Waals surface area contributed by atoms with Crippen LogP contribution in [0.3, 0.4) is 0 Å². The largest absolute Gasteiger partial charge is 0.480 e. The van der Waals surface area contributed by atoms with E-state index in [2.05, 4.69) is 15.3 Å². The topological polar surface area (TPSA) is 113 Å². The van der Waals surface area contributed by atoms with Crippen molar-refractivity contribution >= 4 is 29.1 Å². The van der Waals surface area contributed by atoms with E-state index in [1.54, 1.807) is 17.2 Å². The van der Waals surface area contributed by atoms with Crippen LogP contribution in [-0.4, -0.2) is 71.7 Å². The monoisotopic (exact) mass is 510 g/mol. The lowest BCUT2D eigenvalue weighted by molar-refractivity contribution is -0.155. The maximum atomic E-state index is 14.9. The number of carboxylic acid groups (broad SMARTS) is 1. The number of aliphatic imine (C=N–C) groups is 1. The SMILES string of the molecule is COC(=O)C1=C(CN2CCO[C@H](C)[C@H]2C(=O)O)NC(c2nccs2)=NC1c1ccc(F)c(F)c1F. The molecule has 2 aromatic rings. The van der Waals surface area contributed by atoms with Crippen molar-refractivity contribution in [3.05, 3.63) is 63.0 Å². The minimum absolute atomic E-state index is 0.0959. The first-order valence-corrected chi connectivity index (χ1v) is 11.4. The molecular formula is C22H21F3N4O5S. The Morgan fingerprint density at radius 2 is 2.09 bits per heavy atom. The second-order valence-corrected chi connectivity index (χ2v) is 8.71. The highest BCUT2D eigenvalue weighted by molar-refractivity contribution is 7.11. The quantitative estimate of drug-likeness (QED) is 0.450. The number of methoxy groups -OCH3 is 1. The number of hydrogen-bond acceptors (Lipinski definition) is 9. The summed E-state index contributed by atoms with van der Waals surface area (Å²) < 4.78 is 53.0. The summed E-state index contributed by atoms with van der Waals surface area (Å²) in [5, 5.41) is 14.8. The molecule has 0 spiro atoms. The van der Waals surface area contributed by atoms with Crippen LogP contribution >= 0.6 is 11.3 Å². The molecular weight excluding hydrogens is 489 g/mol. The molecule has 4 rings (SSSR count). The molecule has 1 fully saturated rings. The zero-order valence-electron chi connectivity index (χ0n) is 18.6. The van der Waals surface area contributed by atoms with Crippen molar-refractivity contribution in [1.82, 2.24) is 15.2 Å². The van der Waals surface area contributed by atoms with E-state index < -0.39 is 47.6 Å². The fraction of sp³-hybridized carbons (Fsp3) is 0.364. The van der Waals surface area contributed by atoms with Gasteiger partial charge in [-0.3, -0.25) is 14.7 Å². The van der Waals surface area contributed by atoms with Crippen LogP contribution in [0, 0.1) is 17.5 Å². The van der Waals surface area contributed by atoms with Crippen LogP contribution in [0.25, 0.3) is 0 Å². The lowest BCUT2D eigenvalue weighted by Gasteiger charge is -2.38. The van der Waals surface area contributed by atoms with Gasteiger partial charge in [-0.1, -0.05) is 6.07 Å². The lowest BCUT2D eigenvalue weighted by Crippen LogP contribution is -2.56. The molecule has 1 aromatic heterocycles. The highest BCUT2D eigenvalue weighted by atomic mass is 32.1. The van der Waals surface area contributed by atoms with Crippen LogP contribution in [0.2, 0.25) is 0 Å². The Hall–Kier alpha value is -3.29. The van der Waals surface area contributed by atoms with Crippen molar-refractivity contribution < 1.29 is 37.3 Å². The van der Waals surface area contributed by atoms with Gasteiger partial charge in [0, 0.05) is 35.9 Å². The van der Waals surface area contributed by atoms with Gasteiger partial charge in [0.2, 0.25) is 0 Å². The summed E-state index contributed by atoms with van der Waals surface area (Å²) >= 11 is 1.21. The molecule has 0 saturated carbocycles. The normalized spacial score (nSPS) is 23.0. The zero-order chi connectivity index (χ0) is 25.3. The van der Waals surface area contributed by atoms with Crippen LogP contribution in [0.4, 0.5) is 13.2 Å². The molecule has 1 saturated heterocycles. The predicted octanol–water partition coefficient (Wildman–Crippen LogP) is 2.25. The summed E-state index contributed by atoms with van der Waals surface area (Å²) in [5.41, 5.74) is -0.380. The van der Waals surface area contributed by atoms with E-state index in [0.717, 1.165) is 19.2 Å². The number of thiazole rings is 1. The summed E-state index contributed by atoms with van der Waals surface area (Å²) in [6.07, 6.45) is 0.874. The number of nitrogens with one attached hydrogen (secondary N) is 1. The third-order valence-corrected chi connectivity index (χ3v) is 6.52. The van der Waals surface area contributed by atoms with Crippen molar-refractivity contribution in [2.45, 2.75) is 25.1 Å². The highest BCUT2D eigenvalue weighted by Gasteiger charge is 2.39. The zero-order valence-corrected chi connectivity index (χ0v) is 19.4. The second-order valence-electron chi connectivity index (χ2n) is 7.82. The summed E-state index contributed by atoms with van der Waals surface area (Å²) in [5.74, 6) is -6.44. The molecule has 3 heterocycles. The summed E-state index contributed by atoms with van der Waals surface area (Å²) in [7, 11) is 1.11. The molecule has 2 N–H and O–H groups in total. The van der Waals surface area contributed by atoms with E-state index in [9.17, 15) is 27.9 Å². The fourth-order valence-electron chi connectivity index (χ4n) is 4.12. The highest BCUT2D eigenvalue weighted by Crippen LogP contribution is 2.35. The minimum Gasteiger partial charge on any atom is -0.480 e. The number of nitrogens with zero attached hydrogens (tertiary/aromatic N) is 3. The van der Waals surface area contributed by atoms with Gasteiger partial charge in [-0.25, -0.2) is 22.9 Å². The van der Waals surface area contributed by atoms with Crippen LogP contribution in [-0.2, 0) is 19.1 Å². The van der Waals surface area contributed by atoms with Gasteiger partial charge < -0.3 is 19.9 Å². The van der Waals surface area contributed by atoms with Crippen LogP contribution in [0.1, 0.15) is 23.5 Å². The maximum absolute atomic E-state index is 14.9. The molecule has 1 unspecified atom stereocenters. The van der Waals surface area contributed by atoms with Crippen molar-refractivity contribution in [2.24, 2.45) is 4.99 Å². The van der Waals surface area contributed by atoms with Gasteiger partial charge in [0.1, 0.15) is 12.1 Å². The first-order valence-electron chi connectivity index (χ1n) is 10.5. The first kappa shape index (κ1) is 24.8. The number of halogens is 3. The average Bonchev–Trinajstić information content (AvgIpc) is 3.37. The number of ether oxygens (including phenoxy) is 2. The number of aromatic nitrogens is 1. The Bertz CT molecular complexity index is 1200. The molecule has 3 atom stereocenters. The predicted molar refractivity (Wildman–Crippen MR) is 118 cm³/mol. The number of hydrogen-bond donors (Lipinski definition) is 2. The molecule has 2 aliphatic heterocycles. The van der Waals surface area contributed by atoms with Gasteiger partial charge in [-0.05, 0) is 13.0 Å². The summed E-state index contributed by atoms with van der Waals surface area (Å²) in [6, 6.07) is -0.691. The van der Waals surface area contributed by atoms with Gasteiger partial charge in [0.15, 0.2) is 28.3 Å². The molecule has 13 heteroatoms. The van der Waals surface area contributed by atoms with Gasteiger partial charge >= 0.3 is 11.9 Å². The van der Waals surface area contributed by atoms with E-state index in [1.165, 1.54) is 17.5 Å². The van der Waals surface area contributed by atoms with E-state index in [-0.39, 0.29) is 42.4 Å². The fourth-order valence-corrected chi connectivity index (χ4v) is 4.70. The van der Waals surface area contributed by atoms with Crippen LogP contribution in [0.5, 0.6) is 0 Å². The average molecular weight is 510 g/mol. The summed E-state index contributed by atoms with van der Waals surface area (Å²) in [4.78, 5) is 35.0. The maximum Gasteiger partial charge on any atom is 0.338 e. The Kier molecular flexibility index (Phi) is 7.19. The Morgan fingerprint density at radius 3 is 2.74 bits per heavy atom. The molecule has 0 amide bonds. The van der Waals surface area contributed by atoms with Crippen molar-refractivity contribution in [1.29, 1.82) is 0 Å². The third kappa shape index (κ3) is 4.79. The number of amidine groups is 1. The standard InChI is InChI=1S/C22H21F3N4O5S/c1-10-18(21(30)31)29(6-7-34-10)9-13-14(22(32)33-2)17(11-3-4-12(23)16(25)15(11)24)28-19(27-13)20-26-5-8-35-20/h3-5,8,10,17-18H,6-7,9H2,1-2H3,(H,27,28)(H,30,31)/t10-,17?,18+/m1/s1. The van der Waals surface area contributed by atoms with Crippen molar-refractivity contribution in [2.75, 3.05) is 26.8 Å².